The van der Waals surface area contributed by atoms with Crippen molar-refractivity contribution in [1.29, 1.82) is 0 Å². The van der Waals surface area contributed by atoms with Crippen molar-refractivity contribution in [3.05, 3.63) is 79.0 Å². The number of ether oxygens (including phenoxy) is 2. The first-order chi connectivity index (χ1) is 10.4. The summed E-state index contributed by atoms with van der Waals surface area (Å²) in [5.74, 6) is 0. The number of benzene rings is 2. The highest BCUT2D eigenvalue weighted by molar-refractivity contribution is 5.96. The minimum absolute atomic E-state index is 0.424. The molecule has 102 valence electrons. The fourth-order valence-corrected chi connectivity index (χ4v) is 2.56. The monoisotopic (exact) mass is 275 g/mol. The molecule has 3 nitrogen and oxygen atoms in total. The fraction of sp³-hybridized carbons (Fsp3) is 0.0556. The first-order valence-corrected chi connectivity index (χ1v) is 6.82. The second-order valence-corrected chi connectivity index (χ2v) is 4.87. The van der Waals surface area contributed by atoms with E-state index in [-0.39, 0.29) is 0 Å². The SMILES string of the molecule is C1=COC(c2ccc(-c3cccc4ccccc34)cn2)O1. The molecule has 0 spiro atoms. The van der Waals surface area contributed by atoms with Crippen molar-refractivity contribution >= 4 is 10.8 Å². The van der Waals surface area contributed by atoms with Crippen molar-refractivity contribution < 1.29 is 9.47 Å². The molecule has 2 aromatic carbocycles. The normalized spacial score (nSPS) is 14.1. The van der Waals surface area contributed by atoms with Gasteiger partial charge in [0.25, 0.3) is 6.29 Å². The van der Waals surface area contributed by atoms with Crippen molar-refractivity contribution in [2.24, 2.45) is 0 Å². The van der Waals surface area contributed by atoms with Gasteiger partial charge in [-0.05, 0) is 22.4 Å². The minimum Gasteiger partial charge on any atom is -0.454 e. The summed E-state index contributed by atoms with van der Waals surface area (Å²) in [6, 6.07) is 18.6. The van der Waals surface area contributed by atoms with Crippen LogP contribution in [0.4, 0.5) is 0 Å². The summed E-state index contributed by atoms with van der Waals surface area (Å²) in [7, 11) is 0. The molecule has 0 atom stereocenters. The van der Waals surface area contributed by atoms with Crippen LogP contribution in [0, 0.1) is 0 Å². The molecule has 0 saturated carbocycles. The van der Waals surface area contributed by atoms with Gasteiger partial charge in [-0.1, -0.05) is 48.5 Å². The topological polar surface area (TPSA) is 31.4 Å². The van der Waals surface area contributed by atoms with E-state index in [0.717, 1.165) is 11.3 Å². The van der Waals surface area contributed by atoms with Crippen LogP contribution >= 0.6 is 0 Å². The van der Waals surface area contributed by atoms with Gasteiger partial charge in [-0.2, -0.15) is 0 Å². The summed E-state index contributed by atoms with van der Waals surface area (Å²) >= 11 is 0. The summed E-state index contributed by atoms with van der Waals surface area (Å²) in [6.45, 7) is 0. The van der Waals surface area contributed by atoms with Crippen LogP contribution in [-0.4, -0.2) is 4.98 Å². The maximum Gasteiger partial charge on any atom is 0.283 e. The van der Waals surface area contributed by atoms with E-state index in [4.69, 9.17) is 9.47 Å². The summed E-state index contributed by atoms with van der Waals surface area (Å²) in [5, 5.41) is 2.45. The lowest BCUT2D eigenvalue weighted by molar-refractivity contribution is -0.0279. The van der Waals surface area contributed by atoms with Crippen LogP contribution in [0.2, 0.25) is 0 Å². The van der Waals surface area contributed by atoms with Gasteiger partial charge in [-0.25, -0.2) is 0 Å². The largest absolute Gasteiger partial charge is 0.454 e. The van der Waals surface area contributed by atoms with Crippen LogP contribution < -0.4 is 0 Å². The van der Waals surface area contributed by atoms with Gasteiger partial charge in [-0.3, -0.25) is 4.98 Å². The smallest absolute Gasteiger partial charge is 0.283 e. The third kappa shape index (κ3) is 2.13. The van der Waals surface area contributed by atoms with Crippen LogP contribution in [0.5, 0.6) is 0 Å². The van der Waals surface area contributed by atoms with Crippen LogP contribution in [0.15, 0.2) is 73.3 Å². The van der Waals surface area contributed by atoms with Gasteiger partial charge in [-0.15, -0.1) is 0 Å². The molecular weight excluding hydrogens is 262 g/mol. The standard InChI is InChI=1S/C18H13NO2/c1-2-6-15-13(4-1)5-3-7-16(15)14-8-9-17(19-12-14)18-20-10-11-21-18/h1-12,18H. The lowest BCUT2D eigenvalue weighted by atomic mass is 9.99. The Bertz CT molecular complexity index is 796. The van der Waals surface area contributed by atoms with Gasteiger partial charge in [0.2, 0.25) is 0 Å². The Labute approximate surface area is 122 Å². The first kappa shape index (κ1) is 12.0. The van der Waals surface area contributed by atoms with Crippen LogP contribution in [0.25, 0.3) is 21.9 Å². The Kier molecular flexibility index (Phi) is 2.82. The summed E-state index contributed by atoms with van der Waals surface area (Å²) < 4.78 is 10.6. The maximum atomic E-state index is 5.29. The molecule has 3 heteroatoms. The highest BCUT2D eigenvalue weighted by Gasteiger charge is 2.16. The predicted octanol–water partition coefficient (Wildman–Crippen LogP) is 4.42. The Hall–Kier alpha value is -2.81. The van der Waals surface area contributed by atoms with E-state index in [9.17, 15) is 0 Å². The first-order valence-electron chi connectivity index (χ1n) is 6.82. The van der Waals surface area contributed by atoms with Crippen molar-refractivity contribution in [2.45, 2.75) is 6.29 Å². The Morgan fingerprint density at radius 3 is 2.43 bits per heavy atom. The molecule has 1 aromatic heterocycles. The molecule has 0 N–H and O–H groups in total. The molecule has 2 heterocycles. The minimum atomic E-state index is -0.424. The third-order valence-electron chi connectivity index (χ3n) is 3.59. The van der Waals surface area contributed by atoms with Crippen molar-refractivity contribution in [3.8, 4) is 11.1 Å². The van der Waals surface area contributed by atoms with Crippen molar-refractivity contribution in [2.75, 3.05) is 0 Å². The molecule has 0 radical (unpaired) electrons. The summed E-state index contributed by atoms with van der Waals surface area (Å²) in [6.07, 6.45) is 4.50. The Balaban J connectivity index is 1.75. The van der Waals surface area contributed by atoms with Crippen molar-refractivity contribution in [3.63, 3.8) is 0 Å². The molecule has 1 aliphatic rings. The van der Waals surface area contributed by atoms with Gasteiger partial charge < -0.3 is 9.47 Å². The van der Waals surface area contributed by atoms with E-state index >= 15 is 0 Å². The number of pyridine rings is 1. The molecule has 0 amide bonds. The van der Waals surface area contributed by atoms with E-state index in [0.29, 0.717) is 0 Å². The molecule has 0 saturated heterocycles. The molecule has 3 aromatic rings. The summed E-state index contributed by atoms with van der Waals surface area (Å²) in [4.78, 5) is 4.45. The zero-order chi connectivity index (χ0) is 14.1. The van der Waals surface area contributed by atoms with E-state index in [1.54, 1.807) is 0 Å². The van der Waals surface area contributed by atoms with Gasteiger partial charge in [0.05, 0.1) is 0 Å². The molecular formula is C18H13NO2. The average Bonchev–Trinajstić information content (AvgIpc) is 3.09. The van der Waals surface area contributed by atoms with Crippen LogP contribution in [0.3, 0.4) is 0 Å². The predicted molar refractivity (Wildman–Crippen MR) is 81.2 cm³/mol. The zero-order valence-electron chi connectivity index (χ0n) is 11.3. The lowest BCUT2D eigenvalue weighted by Gasteiger charge is -2.11. The van der Waals surface area contributed by atoms with Gasteiger partial charge in [0, 0.05) is 11.8 Å². The molecule has 21 heavy (non-hydrogen) atoms. The zero-order valence-corrected chi connectivity index (χ0v) is 11.3. The van der Waals surface area contributed by atoms with E-state index in [2.05, 4.69) is 53.5 Å². The Morgan fingerprint density at radius 2 is 1.62 bits per heavy atom. The highest BCUT2D eigenvalue weighted by Crippen LogP contribution is 2.29. The quantitative estimate of drug-likeness (QED) is 0.693. The van der Waals surface area contributed by atoms with Crippen molar-refractivity contribution in [1.82, 2.24) is 4.98 Å². The molecule has 0 aliphatic carbocycles. The highest BCUT2D eigenvalue weighted by atomic mass is 16.7. The summed E-state index contributed by atoms with van der Waals surface area (Å²) in [5.41, 5.74) is 3.03. The number of aromatic nitrogens is 1. The van der Waals surface area contributed by atoms with Gasteiger partial charge in [0.15, 0.2) is 0 Å². The third-order valence-corrected chi connectivity index (χ3v) is 3.59. The molecule has 0 bridgehead atoms. The number of hydrogen-bond acceptors (Lipinski definition) is 3. The fourth-order valence-electron chi connectivity index (χ4n) is 2.56. The second-order valence-electron chi connectivity index (χ2n) is 4.87. The van der Waals surface area contributed by atoms with Gasteiger partial charge >= 0.3 is 0 Å². The van der Waals surface area contributed by atoms with Gasteiger partial charge in [0.1, 0.15) is 18.2 Å². The molecule has 0 unspecified atom stereocenters. The lowest BCUT2D eigenvalue weighted by Crippen LogP contribution is -2.00. The number of hydrogen-bond donors (Lipinski definition) is 0. The molecule has 4 rings (SSSR count). The van der Waals surface area contributed by atoms with E-state index < -0.39 is 6.29 Å². The number of rotatable bonds is 2. The number of nitrogens with zero attached hydrogens (tertiary/aromatic N) is 1. The molecule has 1 aliphatic heterocycles. The maximum absolute atomic E-state index is 5.29. The van der Waals surface area contributed by atoms with E-state index in [1.165, 1.54) is 28.9 Å². The average molecular weight is 275 g/mol. The number of fused-ring (bicyclic) bond motifs is 1. The Morgan fingerprint density at radius 1 is 0.810 bits per heavy atom. The van der Waals surface area contributed by atoms with Crippen LogP contribution in [0.1, 0.15) is 12.0 Å². The van der Waals surface area contributed by atoms with Crippen LogP contribution in [-0.2, 0) is 9.47 Å². The second kappa shape index (κ2) is 4.94. The molecule has 0 fully saturated rings. The van der Waals surface area contributed by atoms with E-state index in [1.807, 2.05) is 12.3 Å².